The highest BCUT2D eigenvalue weighted by Gasteiger charge is 2.30. The summed E-state index contributed by atoms with van der Waals surface area (Å²) in [6.45, 7) is 5.43. The van der Waals surface area contributed by atoms with Gasteiger partial charge in [-0.15, -0.1) is 0 Å². The highest BCUT2D eigenvalue weighted by atomic mass is 16.5. The number of para-hydroxylation sites is 1. The minimum Gasteiger partial charge on any atom is -0.482 e. The zero-order chi connectivity index (χ0) is 21.4. The Morgan fingerprint density at radius 2 is 2.13 bits per heavy atom. The third-order valence-corrected chi connectivity index (χ3v) is 5.56. The van der Waals surface area contributed by atoms with Gasteiger partial charge >= 0.3 is 0 Å². The van der Waals surface area contributed by atoms with Gasteiger partial charge in [-0.1, -0.05) is 18.2 Å². The average molecular weight is 417 g/mol. The predicted molar refractivity (Wildman–Crippen MR) is 114 cm³/mol. The summed E-state index contributed by atoms with van der Waals surface area (Å²) in [5.74, 6) is 0.868. The van der Waals surface area contributed by atoms with Gasteiger partial charge in [0, 0.05) is 30.4 Å². The van der Waals surface area contributed by atoms with Crippen molar-refractivity contribution in [3.05, 3.63) is 71.8 Å². The van der Waals surface area contributed by atoms with Gasteiger partial charge in [0.25, 0.3) is 5.91 Å². The lowest BCUT2D eigenvalue weighted by Crippen LogP contribution is -2.29. The van der Waals surface area contributed by atoms with Crippen molar-refractivity contribution >= 4 is 16.8 Å². The number of pyridine rings is 1. The summed E-state index contributed by atoms with van der Waals surface area (Å²) in [7, 11) is 0. The number of ether oxygens (including phenoxy) is 1. The van der Waals surface area contributed by atoms with Gasteiger partial charge in [0.1, 0.15) is 17.5 Å². The molecule has 5 rings (SSSR count). The molecule has 4 heterocycles. The molecule has 0 bridgehead atoms. The van der Waals surface area contributed by atoms with Crippen LogP contribution in [0.25, 0.3) is 10.9 Å². The first-order valence-electron chi connectivity index (χ1n) is 10.3. The number of oxazole rings is 1. The van der Waals surface area contributed by atoms with E-state index in [-0.39, 0.29) is 18.6 Å². The minimum atomic E-state index is -0.133. The Kier molecular flexibility index (Phi) is 4.89. The highest BCUT2D eigenvalue weighted by Crippen LogP contribution is 2.26. The summed E-state index contributed by atoms with van der Waals surface area (Å²) in [5.41, 5.74) is 3.18. The number of aromatic nitrogens is 4. The van der Waals surface area contributed by atoms with Gasteiger partial charge in [0.15, 0.2) is 12.3 Å². The molecule has 0 saturated carbocycles. The van der Waals surface area contributed by atoms with E-state index >= 15 is 0 Å². The maximum Gasteiger partial charge on any atom is 0.275 e. The summed E-state index contributed by atoms with van der Waals surface area (Å²) < 4.78 is 13.4. The molecule has 1 fully saturated rings. The van der Waals surface area contributed by atoms with Crippen LogP contribution in [0.4, 0.5) is 0 Å². The third-order valence-electron chi connectivity index (χ3n) is 5.56. The maximum absolute atomic E-state index is 12.9. The Morgan fingerprint density at radius 1 is 1.26 bits per heavy atom. The fourth-order valence-corrected chi connectivity index (χ4v) is 4.11. The van der Waals surface area contributed by atoms with E-state index in [9.17, 15) is 4.79 Å². The number of carbonyl (C=O) groups is 1. The lowest BCUT2D eigenvalue weighted by atomic mass is 10.2. The van der Waals surface area contributed by atoms with Crippen molar-refractivity contribution in [1.29, 1.82) is 0 Å². The van der Waals surface area contributed by atoms with Crippen LogP contribution in [0, 0.1) is 13.8 Å². The van der Waals surface area contributed by atoms with Gasteiger partial charge in [-0.3, -0.25) is 14.5 Å². The Labute approximate surface area is 179 Å². The molecule has 0 spiro atoms. The summed E-state index contributed by atoms with van der Waals surface area (Å²) >= 11 is 0. The zero-order valence-electron chi connectivity index (χ0n) is 17.5. The van der Waals surface area contributed by atoms with E-state index < -0.39 is 0 Å². The lowest BCUT2D eigenvalue weighted by Gasteiger charge is -2.16. The van der Waals surface area contributed by atoms with E-state index in [1.54, 1.807) is 11.1 Å². The minimum absolute atomic E-state index is 0.122. The van der Waals surface area contributed by atoms with E-state index in [2.05, 4.69) is 21.1 Å². The van der Waals surface area contributed by atoms with E-state index in [0.717, 1.165) is 28.7 Å². The van der Waals surface area contributed by atoms with Crippen molar-refractivity contribution in [3.8, 4) is 5.75 Å². The van der Waals surface area contributed by atoms with Crippen LogP contribution in [0.1, 0.15) is 40.2 Å². The van der Waals surface area contributed by atoms with Gasteiger partial charge in [-0.25, -0.2) is 4.98 Å². The number of rotatable bonds is 5. The number of carbonyl (C=O) groups excluding carboxylic acids is 1. The zero-order valence-corrected chi connectivity index (χ0v) is 17.5. The number of fused-ring (bicyclic) bond motifs is 1. The number of aryl methyl sites for hydroxylation is 2. The number of hydrogen-bond donors (Lipinski definition) is 0. The topological polar surface area (TPSA) is 86.3 Å². The SMILES string of the molecule is Cc1cc(C)n([C@@H]2CCN(C(=O)c3coc(COc4cccc5cccnc45)n3)C2)n1. The average Bonchev–Trinajstić information content (AvgIpc) is 3.51. The second kappa shape index (κ2) is 7.86. The molecule has 0 aliphatic carbocycles. The molecule has 8 nitrogen and oxygen atoms in total. The fraction of sp³-hybridized carbons (Fsp3) is 0.304. The normalized spacial score (nSPS) is 16.2. The first-order chi connectivity index (χ1) is 15.1. The summed E-state index contributed by atoms with van der Waals surface area (Å²) in [5, 5.41) is 5.56. The van der Waals surface area contributed by atoms with Gasteiger partial charge in [0.05, 0.1) is 11.7 Å². The van der Waals surface area contributed by atoms with Gasteiger partial charge < -0.3 is 14.1 Å². The van der Waals surface area contributed by atoms with Crippen molar-refractivity contribution < 1.29 is 13.9 Å². The standard InChI is InChI=1S/C23H23N5O3/c1-15-11-16(2)28(26-15)18-8-10-27(12-18)23(29)19-13-31-21(25-19)14-30-20-7-3-5-17-6-4-9-24-22(17)20/h3-7,9,11,13,18H,8,10,12,14H2,1-2H3/t18-/m1/s1. The quantitative estimate of drug-likeness (QED) is 0.492. The second-order valence-corrected chi connectivity index (χ2v) is 7.81. The lowest BCUT2D eigenvalue weighted by molar-refractivity contribution is 0.0781. The molecule has 1 aliphatic rings. The summed E-state index contributed by atoms with van der Waals surface area (Å²) in [6, 6.07) is 11.9. The number of benzene rings is 1. The van der Waals surface area contributed by atoms with Gasteiger partial charge in [-0.05, 0) is 38.5 Å². The van der Waals surface area contributed by atoms with Gasteiger partial charge in [-0.2, -0.15) is 5.10 Å². The second-order valence-electron chi connectivity index (χ2n) is 7.81. The van der Waals surface area contributed by atoms with E-state index in [1.807, 2.05) is 48.9 Å². The van der Waals surface area contributed by atoms with Crippen LogP contribution in [0.3, 0.4) is 0 Å². The smallest absolute Gasteiger partial charge is 0.275 e. The molecule has 1 saturated heterocycles. The van der Waals surface area contributed by atoms with E-state index in [0.29, 0.717) is 30.4 Å². The van der Waals surface area contributed by atoms with Gasteiger partial charge in [0.2, 0.25) is 5.89 Å². The van der Waals surface area contributed by atoms with Crippen LogP contribution in [0.2, 0.25) is 0 Å². The van der Waals surface area contributed by atoms with E-state index in [4.69, 9.17) is 9.15 Å². The van der Waals surface area contributed by atoms with Crippen LogP contribution in [0.15, 0.2) is 53.3 Å². The summed E-state index contributed by atoms with van der Waals surface area (Å²) in [4.78, 5) is 23.4. The van der Waals surface area contributed by atoms with Crippen molar-refractivity contribution in [3.63, 3.8) is 0 Å². The Morgan fingerprint density at radius 3 is 2.97 bits per heavy atom. The molecule has 0 radical (unpaired) electrons. The van der Waals surface area contributed by atoms with Crippen LogP contribution >= 0.6 is 0 Å². The van der Waals surface area contributed by atoms with Crippen LogP contribution in [0.5, 0.6) is 5.75 Å². The molecule has 1 aromatic carbocycles. The first kappa shape index (κ1) is 19.3. The monoisotopic (exact) mass is 417 g/mol. The number of hydrogen-bond acceptors (Lipinski definition) is 6. The largest absolute Gasteiger partial charge is 0.482 e. The Bertz CT molecular complexity index is 1240. The first-order valence-corrected chi connectivity index (χ1v) is 10.3. The van der Waals surface area contributed by atoms with Crippen LogP contribution < -0.4 is 4.74 Å². The molecule has 31 heavy (non-hydrogen) atoms. The Balaban J connectivity index is 1.24. The molecular formula is C23H23N5O3. The number of amides is 1. The van der Waals surface area contributed by atoms with Crippen LogP contribution in [-0.2, 0) is 6.61 Å². The van der Waals surface area contributed by atoms with Crippen molar-refractivity contribution in [1.82, 2.24) is 24.6 Å². The summed E-state index contributed by atoms with van der Waals surface area (Å²) in [6.07, 6.45) is 4.00. The molecule has 0 unspecified atom stereocenters. The molecule has 0 N–H and O–H groups in total. The van der Waals surface area contributed by atoms with Crippen LogP contribution in [-0.4, -0.2) is 43.6 Å². The fourth-order valence-electron chi connectivity index (χ4n) is 4.11. The number of likely N-dealkylation sites (tertiary alicyclic amines) is 1. The molecule has 1 aliphatic heterocycles. The predicted octanol–water partition coefficient (Wildman–Crippen LogP) is 3.70. The van der Waals surface area contributed by atoms with Crippen molar-refractivity contribution in [2.24, 2.45) is 0 Å². The molecule has 1 atom stereocenters. The molecular weight excluding hydrogens is 394 g/mol. The number of nitrogens with zero attached hydrogens (tertiary/aromatic N) is 5. The Hall–Kier alpha value is -3.68. The highest BCUT2D eigenvalue weighted by molar-refractivity contribution is 5.92. The third kappa shape index (κ3) is 3.76. The molecule has 158 valence electrons. The van der Waals surface area contributed by atoms with Crippen molar-refractivity contribution in [2.45, 2.75) is 32.9 Å². The molecule has 1 amide bonds. The molecule has 8 heteroatoms. The van der Waals surface area contributed by atoms with E-state index in [1.165, 1.54) is 6.26 Å². The molecule has 4 aromatic rings. The van der Waals surface area contributed by atoms with Crippen molar-refractivity contribution in [2.75, 3.05) is 13.1 Å². The maximum atomic E-state index is 12.9. The molecule has 3 aromatic heterocycles.